The summed E-state index contributed by atoms with van der Waals surface area (Å²) in [7, 11) is 1.50. The number of benzene rings is 2. The number of nitrogens with zero attached hydrogens (tertiary/aromatic N) is 2. The molecule has 25 heavy (non-hydrogen) atoms. The molecule has 6 nitrogen and oxygen atoms in total. The molecule has 3 aromatic rings. The molecule has 4 rings (SSSR count). The van der Waals surface area contributed by atoms with Gasteiger partial charge in [-0.25, -0.2) is 4.98 Å². The number of Topliss-reactive ketones (excluding diaryl/α,β-unsaturated/α-hetero) is 2. The minimum atomic E-state index is -0.717. The first kappa shape index (κ1) is 15.0. The van der Waals surface area contributed by atoms with E-state index in [1.54, 1.807) is 28.8 Å². The van der Waals surface area contributed by atoms with Gasteiger partial charge in [-0.15, -0.1) is 0 Å². The summed E-state index contributed by atoms with van der Waals surface area (Å²) in [6.45, 7) is 0. The Balaban J connectivity index is 2.12. The predicted octanol–water partition coefficient (Wildman–Crippen LogP) is 2.28. The third-order valence-electron chi connectivity index (χ3n) is 4.17. The Bertz CT molecular complexity index is 1040. The Morgan fingerprint density at radius 1 is 0.960 bits per heavy atom. The average Bonchev–Trinajstić information content (AvgIpc) is 3.07. The molecule has 1 N–H and O–H groups in total. The molecular formula is C19H13N3O3. The van der Waals surface area contributed by atoms with E-state index in [0.29, 0.717) is 16.9 Å². The fourth-order valence-corrected chi connectivity index (χ4v) is 3.03. The van der Waals surface area contributed by atoms with Gasteiger partial charge in [0.05, 0.1) is 16.9 Å². The van der Waals surface area contributed by atoms with Crippen molar-refractivity contribution in [2.75, 3.05) is 7.05 Å². The van der Waals surface area contributed by atoms with E-state index in [1.807, 2.05) is 30.3 Å². The second kappa shape index (κ2) is 5.52. The van der Waals surface area contributed by atoms with Crippen molar-refractivity contribution in [2.24, 2.45) is 0 Å². The second-order valence-corrected chi connectivity index (χ2v) is 5.59. The van der Waals surface area contributed by atoms with Gasteiger partial charge in [-0.2, -0.15) is 0 Å². The van der Waals surface area contributed by atoms with Crippen LogP contribution in [-0.2, 0) is 0 Å². The zero-order chi connectivity index (χ0) is 17.6. The molecule has 0 fully saturated rings. The van der Waals surface area contributed by atoms with Gasteiger partial charge < -0.3 is 5.32 Å². The Morgan fingerprint density at radius 2 is 1.64 bits per heavy atom. The SMILES string of the molecule is CNC(=O)c1nc2n(c1-c1ccccc1)-c1ccccc1C(=O)C2=O. The molecule has 1 aromatic heterocycles. The van der Waals surface area contributed by atoms with Crippen LogP contribution in [0.3, 0.4) is 0 Å². The third-order valence-corrected chi connectivity index (χ3v) is 4.17. The summed E-state index contributed by atoms with van der Waals surface area (Å²) in [6, 6.07) is 16.0. The third kappa shape index (κ3) is 2.11. The van der Waals surface area contributed by atoms with E-state index in [0.717, 1.165) is 5.56 Å². The summed E-state index contributed by atoms with van der Waals surface area (Å²) in [5, 5.41) is 2.54. The second-order valence-electron chi connectivity index (χ2n) is 5.59. The molecule has 0 spiro atoms. The van der Waals surface area contributed by atoms with E-state index in [1.165, 1.54) is 7.05 Å². The summed E-state index contributed by atoms with van der Waals surface area (Å²) in [5.74, 6) is -1.79. The van der Waals surface area contributed by atoms with Crippen LogP contribution < -0.4 is 5.32 Å². The minimum Gasteiger partial charge on any atom is -0.354 e. The number of para-hydroxylation sites is 1. The van der Waals surface area contributed by atoms with Crippen LogP contribution in [0.25, 0.3) is 16.9 Å². The first-order chi connectivity index (χ1) is 12.1. The smallest absolute Gasteiger partial charge is 0.271 e. The van der Waals surface area contributed by atoms with Crippen molar-refractivity contribution in [1.82, 2.24) is 14.9 Å². The number of amides is 1. The normalized spacial score (nSPS) is 12.5. The Kier molecular flexibility index (Phi) is 3.32. The minimum absolute atomic E-state index is 0.0406. The number of aromatic nitrogens is 2. The van der Waals surface area contributed by atoms with Gasteiger partial charge in [-0.3, -0.25) is 19.0 Å². The molecule has 0 unspecified atom stereocenters. The Labute approximate surface area is 143 Å². The largest absolute Gasteiger partial charge is 0.354 e. The molecule has 1 aliphatic rings. The monoisotopic (exact) mass is 331 g/mol. The number of hydrogen-bond donors (Lipinski definition) is 1. The van der Waals surface area contributed by atoms with Crippen molar-refractivity contribution in [3.8, 4) is 16.9 Å². The lowest BCUT2D eigenvalue weighted by molar-refractivity contribution is 0.0804. The Hall–Kier alpha value is -3.54. The number of hydrogen-bond acceptors (Lipinski definition) is 4. The van der Waals surface area contributed by atoms with Crippen LogP contribution >= 0.6 is 0 Å². The highest BCUT2D eigenvalue weighted by Crippen LogP contribution is 2.33. The van der Waals surface area contributed by atoms with E-state index >= 15 is 0 Å². The fourth-order valence-electron chi connectivity index (χ4n) is 3.03. The molecule has 0 atom stereocenters. The maximum atomic E-state index is 12.5. The molecule has 0 aliphatic carbocycles. The first-order valence-electron chi connectivity index (χ1n) is 7.72. The number of rotatable bonds is 2. The summed E-state index contributed by atoms with van der Waals surface area (Å²) >= 11 is 0. The molecule has 122 valence electrons. The molecule has 1 aliphatic heterocycles. The number of nitrogens with one attached hydrogen (secondary N) is 1. The van der Waals surface area contributed by atoms with E-state index in [9.17, 15) is 14.4 Å². The van der Waals surface area contributed by atoms with Gasteiger partial charge in [0, 0.05) is 12.6 Å². The highest BCUT2D eigenvalue weighted by Gasteiger charge is 2.36. The van der Waals surface area contributed by atoms with Crippen molar-refractivity contribution in [1.29, 1.82) is 0 Å². The van der Waals surface area contributed by atoms with Gasteiger partial charge in [0.1, 0.15) is 0 Å². The lowest BCUT2D eigenvalue weighted by atomic mass is 10.00. The number of fused-ring (bicyclic) bond motifs is 3. The maximum absolute atomic E-state index is 12.5. The zero-order valence-electron chi connectivity index (χ0n) is 13.3. The van der Waals surface area contributed by atoms with E-state index in [2.05, 4.69) is 10.3 Å². The van der Waals surface area contributed by atoms with Crippen molar-refractivity contribution in [3.05, 3.63) is 71.7 Å². The Morgan fingerprint density at radius 3 is 2.36 bits per heavy atom. The summed E-state index contributed by atoms with van der Waals surface area (Å²) in [6.07, 6.45) is 0. The summed E-state index contributed by atoms with van der Waals surface area (Å²) in [4.78, 5) is 41.4. The van der Waals surface area contributed by atoms with Crippen LogP contribution in [0.1, 0.15) is 31.5 Å². The van der Waals surface area contributed by atoms with Crippen molar-refractivity contribution >= 4 is 17.5 Å². The molecule has 0 saturated carbocycles. The van der Waals surface area contributed by atoms with Crippen molar-refractivity contribution < 1.29 is 14.4 Å². The molecule has 0 saturated heterocycles. The summed E-state index contributed by atoms with van der Waals surface area (Å²) < 4.78 is 1.60. The van der Waals surface area contributed by atoms with Crippen LogP contribution in [-0.4, -0.2) is 34.1 Å². The number of imidazole rings is 1. The number of carbonyl (C=O) groups excluding carboxylic acids is 3. The lowest BCUT2D eigenvalue weighted by Crippen LogP contribution is -2.26. The topological polar surface area (TPSA) is 81.1 Å². The van der Waals surface area contributed by atoms with Crippen LogP contribution in [0.4, 0.5) is 0 Å². The molecule has 0 bridgehead atoms. The van der Waals surface area contributed by atoms with Crippen molar-refractivity contribution in [3.63, 3.8) is 0 Å². The number of ketones is 2. The van der Waals surface area contributed by atoms with Gasteiger partial charge in [0.2, 0.25) is 5.78 Å². The molecule has 2 heterocycles. The van der Waals surface area contributed by atoms with E-state index in [4.69, 9.17) is 0 Å². The zero-order valence-corrected chi connectivity index (χ0v) is 13.3. The van der Waals surface area contributed by atoms with Gasteiger partial charge in [0.15, 0.2) is 11.5 Å². The highest BCUT2D eigenvalue weighted by atomic mass is 16.2. The van der Waals surface area contributed by atoms with Crippen LogP contribution in [0.5, 0.6) is 0 Å². The van der Waals surface area contributed by atoms with Crippen LogP contribution in [0.15, 0.2) is 54.6 Å². The molecule has 6 heteroatoms. The predicted molar refractivity (Wildman–Crippen MR) is 91.1 cm³/mol. The van der Waals surface area contributed by atoms with Gasteiger partial charge in [-0.1, -0.05) is 42.5 Å². The highest BCUT2D eigenvalue weighted by molar-refractivity contribution is 6.50. The van der Waals surface area contributed by atoms with E-state index < -0.39 is 17.5 Å². The fraction of sp³-hybridized carbons (Fsp3) is 0.0526. The van der Waals surface area contributed by atoms with Gasteiger partial charge >= 0.3 is 0 Å². The maximum Gasteiger partial charge on any atom is 0.271 e. The molecule has 1 amide bonds. The van der Waals surface area contributed by atoms with E-state index in [-0.39, 0.29) is 11.5 Å². The summed E-state index contributed by atoms with van der Waals surface area (Å²) in [5.41, 5.74) is 2.18. The molecule has 0 radical (unpaired) electrons. The molecular weight excluding hydrogens is 318 g/mol. The van der Waals surface area contributed by atoms with Crippen molar-refractivity contribution in [2.45, 2.75) is 0 Å². The lowest BCUT2D eigenvalue weighted by Gasteiger charge is -2.18. The van der Waals surface area contributed by atoms with Gasteiger partial charge in [-0.05, 0) is 12.1 Å². The molecule has 2 aromatic carbocycles. The number of carbonyl (C=O) groups is 3. The van der Waals surface area contributed by atoms with Crippen LogP contribution in [0, 0.1) is 0 Å². The van der Waals surface area contributed by atoms with Crippen LogP contribution in [0.2, 0.25) is 0 Å². The standard InChI is InChI=1S/C19H13N3O3/c1-20-19(25)14-15(11-7-3-2-4-8-11)22-13-10-6-5-9-12(13)16(23)17(24)18(22)21-14/h2-10H,1H3,(H,20,25). The quantitative estimate of drug-likeness (QED) is 0.731. The first-order valence-corrected chi connectivity index (χ1v) is 7.72. The van der Waals surface area contributed by atoms with Gasteiger partial charge in [0.25, 0.3) is 11.7 Å². The average molecular weight is 331 g/mol.